The van der Waals surface area contributed by atoms with Crippen molar-refractivity contribution in [3.05, 3.63) is 19.0 Å². The first-order valence-electron chi connectivity index (χ1n) is 6.15. The summed E-state index contributed by atoms with van der Waals surface area (Å²) >= 11 is 0. The summed E-state index contributed by atoms with van der Waals surface area (Å²) in [4.78, 5) is 16.6. The summed E-state index contributed by atoms with van der Waals surface area (Å²) in [5, 5.41) is -1.80. The number of halogens is 2. The Morgan fingerprint density at radius 3 is 2.52 bits per heavy atom. The number of allylic oxidation sites excluding steroid dienone is 1. The molecule has 1 amide bonds. The zero-order valence-electron chi connectivity index (χ0n) is 11.7. The molecular formula is C11H16F2N4O3S. The van der Waals surface area contributed by atoms with Crippen molar-refractivity contribution in [2.45, 2.75) is 30.7 Å². The molecule has 1 rings (SSSR count). The molecule has 0 atom stereocenters. The van der Waals surface area contributed by atoms with Crippen LogP contribution in [-0.2, 0) is 9.84 Å². The van der Waals surface area contributed by atoms with E-state index < -0.39 is 32.7 Å². The van der Waals surface area contributed by atoms with E-state index in [2.05, 4.69) is 16.7 Å². The van der Waals surface area contributed by atoms with Crippen LogP contribution >= 0.6 is 0 Å². The van der Waals surface area contributed by atoms with Gasteiger partial charge in [-0.2, -0.15) is 13.5 Å². The summed E-state index contributed by atoms with van der Waals surface area (Å²) in [5.41, 5.74) is 0. The van der Waals surface area contributed by atoms with Crippen molar-refractivity contribution in [2.75, 3.05) is 13.1 Å². The molecule has 10 heteroatoms. The van der Waals surface area contributed by atoms with Crippen molar-refractivity contribution in [3.8, 4) is 0 Å². The molecule has 0 spiro atoms. The smallest absolute Gasteiger partial charge is 0.323 e. The second kappa shape index (κ2) is 6.29. The van der Waals surface area contributed by atoms with Crippen molar-refractivity contribution in [3.63, 3.8) is 0 Å². The molecule has 118 valence electrons. The lowest BCUT2D eigenvalue weighted by molar-refractivity contribution is 0.0949. The molecule has 0 unspecified atom stereocenters. The lowest BCUT2D eigenvalue weighted by atomic mass is 10.4. The standard InChI is InChI=1S/C11H16F2N4O3S/c1-4-7-11(12,13)21(19,20)9-14-8-17(15-9)10(18)16(5-2)6-3/h4,8H,1,5-7H2,2-3H3. The van der Waals surface area contributed by atoms with Crippen LogP contribution in [0.4, 0.5) is 13.6 Å². The van der Waals surface area contributed by atoms with Gasteiger partial charge in [0.15, 0.2) is 0 Å². The van der Waals surface area contributed by atoms with E-state index in [9.17, 15) is 22.0 Å². The summed E-state index contributed by atoms with van der Waals surface area (Å²) in [5.74, 6) is 0. The monoisotopic (exact) mass is 322 g/mol. The number of carbonyl (C=O) groups is 1. The summed E-state index contributed by atoms with van der Waals surface area (Å²) in [6, 6.07) is -0.638. The van der Waals surface area contributed by atoms with Crippen molar-refractivity contribution in [2.24, 2.45) is 0 Å². The highest BCUT2D eigenvalue weighted by Crippen LogP contribution is 2.30. The molecule has 0 saturated heterocycles. The van der Waals surface area contributed by atoms with Crippen molar-refractivity contribution >= 4 is 15.9 Å². The number of alkyl halides is 2. The third kappa shape index (κ3) is 3.26. The first-order chi connectivity index (χ1) is 9.71. The number of hydrogen-bond acceptors (Lipinski definition) is 5. The summed E-state index contributed by atoms with van der Waals surface area (Å²) in [6.45, 7) is 7.24. The van der Waals surface area contributed by atoms with E-state index in [1.807, 2.05) is 0 Å². The Balaban J connectivity index is 3.14. The Labute approximate surface area is 121 Å². The van der Waals surface area contributed by atoms with Gasteiger partial charge in [-0.25, -0.2) is 18.2 Å². The van der Waals surface area contributed by atoms with Crippen LogP contribution in [-0.4, -0.2) is 52.5 Å². The van der Waals surface area contributed by atoms with Crippen LogP contribution < -0.4 is 0 Å². The number of rotatable bonds is 6. The van der Waals surface area contributed by atoms with Crippen LogP contribution in [0.5, 0.6) is 0 Å². The van der Waals surface area contributed by atoms with E-state index >= 15 is 0 Å². The molecule has 21 heavy (non-hydrogen) atoms. The minimum absolute atomic E-state index is 0.365. The molecular weight excluding hydrogens is 306 g/mol. The maximum atomic E-state index is 13.5. The first kappa shape index (κ1) is 17.2. The molecule has 1 aromatic heterocycles. The fourth-order valence-corrected chi connectivity index (χ4v) is 2.50. The molecule has 7 nitrogen and oxygen atoms in total. The van der Waals surface area contributed by atoms with Gasteiger partial charge in [-0.15, -0.1) is 11.7 Å². The highest BCUT2D eigenvalue weighted by Gasteiger charge is 2.47. The average molecular weight is 322 g/mol. The largest absolute Gasteiger partial charge is 0.356 e. The molecule has 0 aliphatic carbocycles. The topological polar surface area (TPSA) is 85.2 Å². The zero-order valence-corrected chi connectivity index (χ0v) is 12.5. The van der Waals surface area contributed by atoms with Gasteiger partial charge in [-0.1, -0.05) is 6.08 Å². The molecule has 0 aromatic carbocycles. The minimum atomic E-state index is -5.07. The number of aromatic nitrogens is 3. The van der Waals surface area contributed by atoms with E-state index in [0.717, 1.165) is 12.4 Å². The van der Waals surface area contributed by atoms with E-state index in [-0.39, 0.29) is 0 Å². The Morgan fingerprint density at radius 2 is 2.05 bits per heavy atom. The summed E-state index contributed by atoms with van der Waals surface area (Å²) < 4.78 is 51.2. The van der Waals surface area contributed by atoms with Crippen molar-refractivity contribution in [1.82, 2.24) is 19.7 Å². The predicted molar refractivity (Wildman–Crippen MR) is 70.7 cm³/mol. The first-order valence-corrected chi connectivity index (χ1v) is 7.63. The third-order valence-corrected chi connectivity index (χ3v) is 4.34. The van der Waals surface area contributed by atoms with E-state index in [1.165, 1.54) is 4.90 Å². The number of carbonyl (C=O) groups excluding carboxylic acids is 1. The molecule has 0 saturated carbocycles. The fourth-order valence-electron chi connectivity index (χ4n) is 1.51. The Kier molecular flexibility index (Phi) is 5.15. The van der Waals surface area contributed by atoms with Crippen molar-refractivity contribution < 1.29 is 22.0 Å². The van der Waals surface area contributed by atoms with E-state index in [4.69, 9.17) is 0 Å². The number of sulfone groups is 1. The average Bonchev–Trinajstić information content (AvgIpc) is 2.89. The van der Waals surface area contributed by atoms with Gasteiger partial charge in [0.1, 0.15) is 6.33 Å². The fraction of sp³-hybridized carbons (Fsp3) is 0.545. The van der Waals surface area contributed by atoms with E-state index in [0.29, 0.717) is 17.8 Å². The number of hydrogen-bond donors (Lipinski definition) is 0. The molecule has 0 radical (unpaired) electrons. The Bertz CT molecular complexity index is 623. The minimum Gasteiger partial charge on any atom is -0.323 e. The maximum absolute atomic E-state index is 13.5. The lowest BCUT2D eigenvalue weighted by Crippen LogP contribution is -2.35. The molecule has 0 aliphatic heterocycles. The lowest BCUT2D eigenvalue weighted by Gasteiger charge is -2.17. The molecule has 0 fully saturated rings. The summed E-state index contributed by atoms with van der Waals surface area (Å²) in [6.07, 6.45) is 0.529. The molecule has 0 aliphatic rings. The van der Waals surface area contributed by atoms with Crippen LogP contribution in [0.25, 0.3) is 0 Å². The van der Waals surface area contributed by atoms with Crippen LogP contribution in [0.1, 0.15) is 20.3 Å². The second-order valence-corrected chi connectivity index (χ2v) is 6.03. The quantitative estimate of drug-likeness (QED) is 0.742. The SMILES string of the molecule is C=CCC(F)(F)S(=O)(=O)c1ncn(C(=O)N(CC)CC)n1. The highest BCUT2D eigenvalue weighted by atomic mass is 32.2. The number of nitrogens with zero attached hydrogens (tertiary/aromatic N) is 4. The molecule has 1 aromatic rings. The molecule has 1 heterocycles. The molecule has 0 N–H and O–H groups in total. The maximum Gasteiger partial charge on any atom is 0.356 e. The predicted octanol–water partition coefficient (Wildman–Crippen LogP) is 1.53. The van der Waals surface area contributed by atoms with Gasteiger partial charge in [0.2, 0.25) is 0 Å². The van der Waals surface area contributed by atoms with Crippen LogP contribution in [0.2, 0.25) is 0 Å². The van der Waals surface area contributed by atoms with Crippen LogP contribution in [0.15, 0.2) is 24.1 Å². The normalized spacial score (nSPS) is 12.2. The van der Waals surface area contributed by atoms with Crippen LogP contribution in [0, 0.1) is 0 Å². The Morgan fingerprint density at radius 1 is 1.48 bits per heavy atom. The third-order valence-electron chi connectivity index (χ3n) is 2.72. The van der Waals surface area contributed by atoms with Gasteiger partial charge in [-0.05, 0) is 13.8 Å². The van der Waals surface area contributed by atoms with Crippen molar-refractivity contribution in [1.29, 1.82) is 0 Å². The van der Waals surface area contributed by atoms with Gasteiger partial charge < -0.3 is 4.90 Å². The van der Waals surface area contributed by atoms with Gasteiger partial charge in [0.05, 0.1) is 0 Å². The van der Waals surface area contributed by atoms with E-state index in [1.54, 1.807) is 13.8 Å². The van der Waals surface area contributed by atoms with Gasteiger partial charge >= 0.3 is 11.3 Å². The summed E-state index contributed by atoms with van der Waals surface area (Å²) in [7, 11) is -5.07. The zero-order chi connectivity index (χ0) is 16.3. The Hall–Kier alpha value is -1.84. The molecule has 0 bridgehead atoms. The van der Waals surface area contributed by atoms with Gasteiger partial charge in [0.25, 0.3) is 15.0 Å². The van der Waals surface area contributed by atoms with Gasteiger partial charge in [0, 0.05) is 19.5 Å². The van der Waals surface area contributed by atoms with Crippen LogP contribution in [0.3, 0.4) is 0 Å². The van der Waals surface area contributed by atoms with Gasteiger partial charge in [-0.3, -0.25) is 0 Å². The number of amides is 1. The highest BCUT2D eigenvalue weighted by molar-refractivity contribution is 7.92. The second-order valence-electron chi connectivity index (χ2n) is 4.06.